The van der Waals surface area contributed by atoms with Crippen LogP contribution in [0.15, 0.2) is 146 Å². The van der Waals surface area contributed by atoms with Crippen LogP contribution in [-0.2, 0) is 7.05 Å². The lowest BCUT2D eigenvalue weighted by molar-refractivity contribution is 0.885. The summed E-state index contributed by atoms with van der Waals surface area (Å²) < 4.78 is 6.41. The Morgan fingerprint density at radius 2 is 1.29 bits per heavy atom. The summed E-state index contributed by atoms with van der Waals surface area (Å²) in [7, 11) is 2.03. The normalized spacial score (nSPS) is 11.5. The third kappa shape index (κ3) is 3.94. The van der Waals surface area contributed by atoms with Gasteiger partial charge in [-0.3, -0.25) is 0 Å². The molecule has 3 aromatic heterocycles. The number of imidazole rings is 1. The van der Waals surface area contributed by atoms with Crippen LogP contribution in [-0.4, -0.2) is 23.9 Å². The van der Waals surface area contributed by atoms with E-state index in [1.54, 1.807) is 0 Å². The van der Waals surface area contributed by atoms with Gasteiger partial charge in [0.25, 0.3) is 0 Å². The Hall–Kier alpha value is -5.68. The molecule has 0 amide bonds. The average Bonchev–Trinajstić information content (AvgIpc) is 3.77. The van der Waals surface area contributed by atoms with E-state index in [4.69, 9.17) is 5.10 Å². The molecule has 0 saturated carbocycles. The lowest BCUT2D eigenvalue weighted by atomic mass is 10.0. The van der Waals surface area contributed by atoms with Gasteiger partial charge in [-0.1, -0.05) is 97.1 Å². The standard InChI is InChI=1S/C37H27N5/c1-40-22-21-38-37(40)28-15-10-16-30(23-28)42-34-18-9-8-17-31(34)32-20-19-29(24-35(32)42)41-25-33(26-11-4-2-5-12-26)36(39-41)27-13-6-3-7-14-27/h2-25H,1H3. The van der Waals surface area contributed by atoms with E-state index in [9.17, 15) is 0 Å². The van der Waals surface area contributed by atoms with E-state index in [0.717, 1.165) is 56.2 Å². The highest BCUT2D eigenvalue weighted by Gasteiger charge is 2.17. The van der Waals surface area contributed by atoms with Crippen molar-refractivity contribution in [2.45, 2.75) is 0 Å². The van der Waals surface area contributed by atoms with Crippen molar-refractivity contribution in [3.63, 3.8) is 0 Å². The smallest absolute Gasteiger partial charge is 0.139 e. The molecule has 0 unspecified atom stereocenters. The monoisotopic (exact) mass is 541 g/mol. The molecule has 42 heavy (non-hydrogen) atoms. The van der Waals surface area contributed by atoms with Crippen molar-refractivity contribution in [2.75, 3.05) is 0 Å². The van der Waals surface area contributed by atoms with Crippen molar-refractivity contribution in [2.24, 2.45) is 7.05 Å². The molecule has 0 spiro atoms. The van der Waals surface area contributed by atoms with Gasteiger partial charge in [0, 0.05) is 58.8 Å². The summed E-state index contributed by atoms with van der Waals surface area (Å²) in [6, 6.07) is 44.7. The number of hydrogen-bond acceptors (Lipinski definition) is 2. The highest BCUT2D eigenvalue weighted by atomic mass is 15.3. The first-order valence-corrected chi connectivity index (χ1v) is 14.1. The second-order valence-corrected chi connectivity index (χ2v) is 10.5. The van der Waals surface area contributed by atoms with Crippen LogP contribution in [0.1, 0.15) is 0 Å². The molecule has 3 heterocycles. The molecule has 0 radical (unpaired) electrons. The van der Waals surface area contributed by atoms with E-state index >= 15 is 0 Å². The lowest BCUT2D eigenvalue weighted by Gasteiger charge is -2.11. The molecule has 5 aromatic carbocycles. The van der Waals surface area contributed by atoms with Crippen molar-refractivity contribution in [3.05, 3.63) is 146 Å². The summed E-state index contributed by atoms with van der Waals surface area (Å²) in [5.41, 5.74) is 9.77. The van der Waals surface area contributed by atoms with Gasteiger partial charge < -0.3 is 9.13 Å². The van der Waals surface area contributed by atoms with Gasteiger partial charge in [0.1, 0.15) is 11.5 Å². The van der Waals surface area contributed by atoms with E-state index in [-0.39, 0.29) is 0 Å². The fourth-order valence-corrected chi connectivity index (χ4v) is 5.95. The first-order valence-electron chi connectivity index (χ1n) is 14.1. The molecule has 0 aliphatic carbocycles. The van der Waals surface area contributed by atoms with Crippen molar-refractivity contribution in [1.82, 2.24) is 23.9 Å². The van der Waals surface area contributed by atoms with Crippen LogP contribution in [0, 0.1) is 0 Å². The van der Waals surface area contributed by atoms with Gasteiger partial charge in [0.05, 0.1) is 16.7 Å². The third-order valence-electron chi connectivity index (χ3n) is 7.95. The molecular formula is C37H27N5. The number of hydrogen-bond donors (Lipinski definition) is 0. The van der Waals surface area contributed by atoms with Crippen molar-refractivity contribution < 1.29 is 0 Å². The lowest BCUT2D eigenvalue weighted by Crippen LogP contribution is -1.98. The molecule has 0 bridgehead atoms. The van der Waals surface area contributed by atoms with E-state index in [2.05, 4.69) is 136 Å². The fourth-order valence-electron chi connectivity index (χ4n) is 5.95. The Morgan fingerprint density at radius 3 is 2.07 bits per heavy atom. The van der Waals surface area contributed by atoms with E-state index in [1.807, 2.05) is 36.3 Å². The largest absolute Gasteiger partial charge is 0.334 e. The topological polar surface area (TPSA) is 40.6 Å². The number of aryl methyl sites for hydroxylation is 1. The molecule has 8 aromatic rings. The summed E-state index contributed by atoms with van der Waals surface area (Å²) >= 11 is 0. The zero-order chi connectivity index (χ0) is 28.0. The van der Waals surface area contributed by atoms with Crippen LogP contribution in [0.25, 0.3) is 67.0 Å². The van der Waals surface area contributed by atoms with Crippen LogP contribution in [0.4, 0.5) is 0 Å². The quantitative estimate of drug-likeness (QED) is 0.219. The molecule has 5 nitrogen and oxygen atoms in total. The molecule has 0 aliphatic heterocycles. The van der Waals surface area contributed by atoms with Gasteiger partial charge >= 0.3 is 0 Å². The SMILES string of the molecule is Cn1ccnc1-c1cccc(-n2c3ccccc3c3ccc(-n4cc(-c5ccccc5)c(-c5ccccc5)n4)cc32)c1. The Kier molecular flexibility index (Phi) is 5.61. The molecule has 5 heteroatoms. The minimum atomic E-state index is 0.941. The van der Waals surface area contributed by atoms with E-state index in [1.165, 1.54) is 10.8 Å². The molecule has 0 aliphatic rings. The summed E-state index contributed by atoms with van der Waals surface area (Å²) in [5, 5.41) is 7.57. The minimum Gasteiger partial charge on any atom is -0.334 e. The van der Waals surface area contributed by atoms with Crippen LogP contribution in [0.2, 0.25) is 0 Å². The van der Waals surface area contributed by atoms with Gasteiger partial charge in [-0.05, 0) is 35.9 Å². The number of benzene rings is 5. The Morgan fingerprint density at radius 1 is 0.571 bits per heavy atom. The predicted octanol–water partition coefficient (Wildman–Crippen LogP) is 8.70. The van der Waals surface area contributed by atoms with Crippen LogP contribution >= 0.6 is 0 Å². The zero-order valence-corrected chi connectivity index (χ0v) is 23.1. The first-order chi connectivity index (χ1) is 20.7. The highest BCUT2D eigenvalue weighted by molar-refractivity contribution is 6.09. The molecule has 0 atom stereocenters. The highest BCUT2D eigenvalue weighted by Crippen LogP contribution is 2.36. The number of para-hydroxylation sites is 1. The van der Waals surface area contributed by atoms with E-state index in [0.29, 0.717) is 0 Å². The minimum absolute atomic E-state index is 0.941. The van der Waals surface area contributed by atoms with Crippen LogP contribution in [0.5, 0.6) is 0 Å². The van der Waals surface area contributed by atoms with Crippen LogP contribution < -0.4 is 0 Å². The van der Waals surface area contributed by atoms with Gasteiger partial charge in [0.15, 0.2) is 0 Å². The maximum absolute atomic E-state index is 5.14. The second kappa shape index (κ2) is 9.75. The maximum atomic E-state index is 5.14. The summed E-state index contributed by atoms with van der Waals surface area (Å²) in [6.45, 7) is 0. The number of aromatic nitrogens is 5. The second-order valence-electron chi connectivity index (χ2n) is 10.5. The fraction of sp³-hybridized carbons (Fsp3) is 0.0270. The molecule has 8 rings (SSSR count). The summed E-state index contributed by atoms with van der Waals surface area (Å²) in [6.07, 6.45) is 5.96. The Bertz CT molecular complexity index is 2140. The van der Waals surface area contributed by atoms with E-state index < -0.39 is 0 Å². The van der Waals surface area contributed by atoms with Gasteiger partial charge in [-0.15, -0.1) is 0 Å². The van der Waals surface area contributed by atoms with Gasteiger partial charge in [-0.25, -0.2) is 9.67 Å². The zero-order valence-electron chi connectivity index (χ0n) is 23.1. The third-order valence-corrected chi connectivity index (χ3v) is 7.95. The van der Waals surface area contributed by atoms with Crippen molar-refractivity contribution in [3.8, 4) is 45.1 Å². The summed E-state index contributed by atoms with van der Waals surface area (Å²) in [5.74, 6) is 0.941. The number of rotatable bonds is 5. The van der Waals surface area contributed by atoms with Crippen molar-refractivity contribution >= 4 is 21.8 Å². The van der Waals surface area contributed by atoms with Gasteiger partial charge in [-0.2, -0.15) is 5.10 Å². The number of nitrogens with zero attached hydrogens (tertiary/aromatic N) is 5. The molecule has 0 fully saturated rings. The van der Waals surface area contributed by atoms with Crippen LogP contribution in [0.3, 0.4) is 0 Å². The summed E-state index contributed by atoms with van der Waals surface area (Å²) in [4.78, 5) is 4.59. The molecule has 200 valence electrons. The average molecular weight is 542 g/mol. The molecule has 0 saturated heterocycles. The first kappa shape index (κ1) is 24.1. The maximum Gasteiger partial charge on any atom is 0.139 e. The molecular weight excluding hydrogens is 514 g/mol. The van der Waals surface area contributed by atoms with Gasteiger partial charge in [0.2, 0.25) is 0 Å². The van der Waals surface area contributed by atoms with Crippen molar-refractivity contribution in [1.29, 1.82) is 0 Å². The predicted molar refractivity (Wildman–Crippen MR) is 171 cm³/mol. The number of fused-ring (bicyclic) bond motifs is 3. The molecule has 0 N–H and O–H groups in total. The Labute approximate surface area is 243 Å². The Balaban J connectivity index is 1.34.